The summed E-state index contributed by atoms with van der Waals surface area (Å²) in [7, 11) is 0. The molecular formula is C14H15N3O4S3. The summed E-state index contributed by atoms with van der Waals surface area (Å²) in [4.78, 5) is 38.8. The van der Waals surface area contributed by atoms with E-state index < -0.39 is 5.91 Å². The number of aromatic nitrogens is 1. The van der Waals surface area contributed by atoms with Gasteiger partial charge in [-0.15, -0.1) is 22.7 Å². The highest BCUT2D eigenvalue weighted by Gasteiger charge is 2.14. The number of hydrogen-bond acceptors (Lipinski definition) is 8. The van der Waals surface area contributed by atoms with Gasteiger partial charge in [-0.3, -0.25) is 14.4 Å². The smallest absolute Gasteiger partial charge is 0.311 e. The molecule has 2 aromatic rings. The molecule has 0 unspecified atom stereocenters. The van der Waals surface area contributed by atoms with Crippen molar-refractivity contribution in [1.29, 1.82) is 0 Å². The van der Waals surface area contributed by atoms with E-state index in [4.69, 9.17) is 10.5 Å². The fourth-order valence-corrected chi connectivity index (χ4v) is 4.14. The van der Waals surface area contributed by atoms with Crippen LogP contribution in [0.25, 0.3) is 0 Å². The number of carbonyl (C=O) groups excluding carboxylic acids is 3. The lowest BCUT2D eigenvalue weighted by Crippen LogP contribution is -2.17. The van der Waals surface area contributed by atoms with Gasteiger partial charge < -0.3 is 15.8 Å². The first-order valence-corrected chi connectivity index (χ1v) is 9.64. The van der Waals surface area contributed by atoms with Crippen molar-refractivity contribution in [2.75, 3.05) is 17.7 Å². The molecule has 0 atom stereocenters. The highest BCUT2D eigenvalue weighted by molar-refractivity contribution is 8.01. The molecule has 3 N–H and O–H groups in total. The Balaban J connectivity index is 1.84. The Morgan fingerprint density at radius 2 is 2.17 bits per heavy atom. The second-order valence-electron chi connectivity index (χ2n) is 4.45. The fraction of sp³-hybridized carbons (Fsp3) is 0.286. The average Bonchev–Trinajstić information content (AvgIpc) is 3.14. The Kier molecular flexibility index (Phi) is 6.76. The molecule has 0 radical (unpaired) electrons. The minimum atomic E-state index is -0.581. The van der Waals surface area contributed by atoms with Gasteiger partial charge in [-0.2, -0.15) is 0 Å². The van der Waals surface area contributed by atoms with Gasteiger partial charge >= 0.3 is 5.97 Å². The van der Waals surface area contributed by atoms with Crippen molar-refractivity contribution in [3.8, 4) is 0 Å². The minimum Gasteiger partial charge on any atom is -0.466 e. The van der Waals surface area contributed by atoms with Crippen molar-refractivity contribution in [2.45, 2.75) is 17.7 Å². The van der Waals surface area contributed by atoms with Crippen LogP contribution in [0.5, 0.6) is 0 Å². The van der Waals surface area contributed by atoms with Gasteiger partial charge in [-0.25, -0.2) is 4.98 Å². The van der Waals surface area contributed by atoms with E-state index in [2.05, 4.69) is 10.3 Å². The van der Waals surface area contributed by atoms with E-state index in [1.54, 1.807) is 23.8 Å². The Morgan fingerprint density at radius 3 is 2.88 bits per heavy atom. The number of thioether (sulfide) groups is 1. The zero-order chi connectivity index (χ0) is 17.5. The predicted octanol–water partition coefficient (Wildman–Crippen LogP) is 2.14. The third-order valence-corrected chi connectivity index (χ3v) is 5.57. The Bertz CT molecular complexity index is 741. The van der Waals surface area contributed by atoms with Gasteiger partial charge in [0.25, 0.3) is 5.91 Å². The van der Waals surface area contributed by atoms with Gasteiger partial charge in [-0.05, 0) is 18.4 Å². The third-order valence-electron chi connectivity index (χ3n) is 2.67. The zero-order valence-corrected chi connectivity index (χ0v) is 15.2. The lowest BCUT2D eigenvalue weighted by Gasteiger charge is -2.03. The van der Waals surface area contributed by atoms with Crippen LogP contribution in [0.15, 0.2) is 21.2 Å². The molecule has 0 aliphatic rings. The number of hydrogen-bond donors (Lipinski definition) is 2. The van der Waals surface area contributed by atoms with Crippen LogP contribution in [0, 0.1) is 0 Å². The third kappa shape index (κ3) is 5.32. The molecular weight excluding hydrogens is 370 g/mol. The fourth-order valence-electron chi connectivity index (χ4n) is 1.69. The summed E-state index contributed by atoms with van der Waals surface area (Å²) in [6.07, 6.45) is 0.119. The van der Waals surface area contributed by atoms with E-state index in [0.717, 1.165) is 0 Å². The summed E-state index contributed by atoms with van der Waals surface area (Å²) in [5.41, 5.74) is 6.15. The number of carbonyl (C=O) groups is 3. The maximum absolute atomic E-state index is 12.0. The number of thiophene rings is 1. The maximum atomic E-state index is 12.0. The van der Waals surface area contributed by atoms with Crippen LogP contribution in [0.1, 0.15) is 23.0 Å². The molecule has 2 heterocycles. The second-order valence-corrected chi connectivity index (χ2v) is 7.45. The van der Waals surface area contributed by atoms with E-state index in [9.17, 15) is 14.4 Å². The standard InChI is InChI=1S/C14H15N3O4S3/c1-2-21-11(19)5-8-6-23-14(16-8)24-7-10(18)17-13-9(12(15)20)3-4-22-13/h3-4,6H,2,5,7H2,1H3,(H2,15,20)(H,17,18). The zero-order valence-electron chi connectivity index (χ0n) is 12.7. The first-order chi connectivity index (χ1) is 11.5. The average molecular weight is 385 g/mol. The molecule has 0 spiro atoms. The van der Waals surface area contributed by atoms with Crippen LogP contribution < -0.4 is 11.1 Å². The number of rotatable bonds is 8. The number of anilines is 1. The molecule has 7 nitrogen and oxygen atoms in total. The first-order valence-electron chi connectivity index (χ1n) is 6.89. The van der Waals surface area contributed by atoms with Crippen molar-refractivity contribution in [1.82, 2.24) is 4.98 Å². The molecule has 24 heavy (non-hydrogen) atoms. The van der Waals surface area contributed by atoms with E-state index in [1.165, 1.54) is 34.4 Å². The number of primary amides is 1. The molecule has 0 saturated heterocycles. The van der Waals surface area contributed by atoms with Gasteiger partial charge in [0.2, 0.25) is 5.91 Å². The number of thiazole rings is 1. The summed E-state index contributed by atoms with van der Waals surface area (Å²) in [6.45, 7) is 2.08. The van der Waals surface area contributed by atoms with Crippen LogP contribution in [-0.4, -0.2) is 35.1 Å². The molecule has 0 aromatic carbocycles. The molecule has 0 saturated carbocycles. The lowest BCUT2D eigenvalue weighted by molar-refractivity contribution is -0.142. The summed E-state index contributed by atoms with van der Waals surface area (Å²) >= 11 is 3.85. The highest BCUT2D eigenvalue weighted by Crippen LogP contribution is 2.25. The lowest BCUT2D eigenvalue weighted by atomic mass is 10.3. The normalized spacial score (nSPS) is 10.4. The molecule has 128 valence electrons. The Labute approximate surface area is 150 Å². The maximum Gasteiger partial charge on any atom is 0.311 e. The SMILES string of the molecule is CCOC(=O)Cc1csc(SCC(=O)Nc2sccc2C(N)=O)n1. The number of esters is 1. The largest absolute Gasteiger partial charge is 0.466 e. The van der Waals surface area contributed by atoms with Crippen molar-refractivity contribution in [3.05, 3.63) is 28.1 Å². The van der Waals surface area contributed by atoms with Crippen molar-refractivity contribution in [2.24, 2.45) is 5.73 Å². The molecule has 2 rings (SSSR count). The van der Waals surface area contributed by atoms with Gasteiger partial charge in [0.1, 0.15) is 5.00 Å². The first kappa shape index (κ1) is 18.4. The molecule has 0 aliphatic carbocycles. The number of amides is 2. The monoisotopic (exact) mass is 385 g/mol. The van der Waals surface area contributed by atoms with E-state index in [-0.39, 0.29) is 24.1 Å². The number of nitrogens with two attached hydrogens (primary N) is 1. The van der Waals surface area contributed by atoms with Crippen LogP contribution in [0.2, 0.25) is 0 Å². The van der Waals surface area contributed by atoms with E-state index >= 15 is 0 Å². The van der Waals surface area contributed by atoms with Crippen LogP contribution >= 0.6 is 34.4 Å². The van der Waals surface area contributed by atoms with Crippen molar-refractivity contribution >= 4 is 57.2 Å². The van der Waals surface area contributed by atoms with E-state index in [1.807, 2.05) is 0 Å². The molecule has 2 aromatic heterocycles. The van der Waals surface area contributed by atoms with Gasteiger partial charge in [0.05, 0.1) is 30.0 Å². The predicted molar refractivity (Wildman–Crippen MR) is 94.6 cm³/mol. The topological polar surface area (TPSA) is 111 Å². The molecule has 0 fully saturated rings. The van der Waals surface area contributed by atoms with Crippen LogP contribution in [0.4, 0.5) is 5.00 Å². The summed E-state index contributed by atoms with van der Waals surface area (Å²) < 4.78 is 5.55. The second kappa shape index (κ2) is 8.81. The minimum absolute atomic E-state index is 0.119. The van der Waals surface area contributed by atoms with Crippen molar-refractivity contribution in [3.63, 3.8) is 0 Å². The molecule has 0 bridgehead atoms. The molecule has 10 heteroatoms. The summed E-state index contributed by atoms with van der Waals surface area (Å²) in [5.74, 6) is -1.02. The van der Waals surface area contributed by atoms with Gasteiger partial charge in [0.15, 0.2) is 4.34 Å². The summed E-state index contributed by atoms with van der Waals surface area (Å²) in [5, 5.41) is 6.55. The quantitative estimate of drug-likeness (QED) is 0.532. The van der Waals surface area contributed by atoms with E-state index in [0.29, 0.717) is 27.2 Å². The Hall–Kier alpha value is -1.91. The summed E-state index contributed by atoms with van der Waals surface area (Å²) in [6, 6.07) is 1.57. The number of nitrogens with one attached hydrogen (secondary N) is 1. The Morgan fingerprint density at radius 1 is 1.38 bits per heavy atom. The van der Waals surface area contributed by atoms with Gasteiger partial charge in [-0.1, -0.05) is 11.8 Å². The number of nitrogens with zero attached hydrogens (tertiary/aromatic N) is 1. The highest BCUT2D eigenvalue weighted by atomic mass is 32.2. The van der Waals surface area contributed by atoms with Gasteiger partial charge in [0, 0.05) is 5.38 Å². The van der Waals surface area contributed by atoms with Crippen LogP contribution in [0.3, 0.4) is 0 Å². The number of ether oxygens (including phenoxy) is 1. The molecule has 0 aliphatic heterocycles. The van der Waals surface area contributed by atoms with Crippen molar-refractivity contribution < 1.29 is 19.1 Å². The van der Waals surface area contributed by atoms with Crippen LogP contribution in [-0.2, 0) is 20.7 Å². The molecule has 2 amide bonds.